The Morgan fingerprint density at radius 1 is 1.44 bits per heavy atom. The number of rotatable bonds is 6. The van der Waals surface area contributed by atoms with Gasteiger partial charge in [-0.3, -0.25) is 9.69 Å². The second kappa shape index (κ2) is 6.21. The fourth-order valence-corrected chi connectivity index (χ4v) is 2.05. The largest absolute Gasteiger partial charge is 0.355 e. The molecule has 1 aromatic carbocycles. The maximum Gasteiger partial charge on any atom is 0.234 e. The van der Waals surface area contributed by atoms with Crippen molar-refractivity contribution in [3.63, 3.8) is 0 Å². The van der Waals surface area contributed by atoms with Crippen LogP contribution in [0.5, 0.6) is 0 Å². The molecule has 0 saturated heterocycles. The van der Waals surface area contributed by atoms with E-state index in [-0.39, 0.29) is 5.91 Å². The minimum Gasteiger partial charge on any atom is -0.355 e. The Labute approximate surface area is 113 Å². The summed E-state index contributed by atoms with van der Waals surface area (Å²) in [5.74, 6) is 0.819. The van der Waals surface area contributed by atoms with Gasteiger partial charge in [0.05, 0.1) is 6.54 Å². The van der Waals surface area contributed by atoms with E-state index in [9.17, 15) is 4.79 Å². The maximum absolute atomic E-state index is 11.7. The number of hydrogen-bond acceptors (Lipinski definition) is 2. The van der Waals surface area contributed by atoms with Gasteiger partial charge in [-0.25, -0.2) is 0 Å². The average Bonchev–Trinajstić information content (AvgIpc) is 3.13. The van der Waals surface area contributed by atoms with Gasteiger partial charge in [-0.15, -0.1) is 0 Å². The van der Waals surface area contributed by atoms with Crippen LogP contribution in [0.25, 0.3) is 0 Å². The van der Waals surface area contributed by atoms with Gasteiger partial charge in [-0.1, -0.05) is 29.8 Å². The van der Waals surface area contributed by atoms with E-state index in [1.54, 1.807) is 0 Å². The van der Waals surface area contributed by atoms with Gasteiger partial charge in [-0.05, 0) is 37.4 Å². The Morgan fingerprint density at radius 2 is 2.17 bits per heavy atom. The summed E-state index contributed by atoms with van der Waals surface area (Å²) in [7, 11) is 1.93. The van der Waals surface area contributed by atoms with Crippen LogP contribution in [0.1, 0.15) is 18.4 Å². The number of carbonyl (C=O) groups excluding carboxylic acids is 1. The van der Waals surface area contributed by atoms with E-state index >= 15 is 0 Å². The van der Waals surface area contributed by atoms with Gasteiger partial charge in [0.25, 0.3) is 0 Å². The highest BCUT2D eigenvalue weighted by molar-refractivity contribution is 6.31. The van der Waals surface area contributed by atoms with E-state index in [0.717, 1.165) is 23.0 Å². The van der Waals surface area contributed by atoms with Crippen molar-refractivity contribution in [2.24, 2.45) is 5.92 Å². The maximum atomic E-state index is 11.7. The fourth-order valence-electron chi connectivity index (χ4n) is 1.85. The Kier molecular flexibility index (Phi) is 4.61. The van der Waals surface area contributed by atoms with Gasteiger partial charge in [0.2, 0.25) is 5.91 Å². The number of halogens is 1. The Bertz CT molecular complexity index is 418. The minimum atomic E-state index is 0.0939. The summed E-state index contributed by atoms with van der Waals surface area (Å²) < 4.78 is 0. The zero-order valence-electron chi connectivity index (χ0n) is 10.7. The summed E-state index contributed by atoms with van der Waals surface area (Å²) in [6, 6.07) is 7.73. The Balaban J connectivity index is 1.75. The highest BCUT2D eigenvalue weighted by Gasteiger charge is 2.21. The van der Waals surface area contributed by atoms with Crippen LogP contribution in [-0.4, -0.2) is 30.9 Å². The molecule has 0 aromatic heterocycles. The molecule has 0 bridgehead atoms. The molecule has 1 saturated carbocycles. The van der Waals surface area contributed by atoms with E-state index in [4.69, 9.17) is 11.6 Å². The van der Waals surface area contributed by atoms with Gasteiger partial charge >= 0.3 is 0 Å². The van der Waals surface area contributed by atoms with E-state index in [2.05, 4.69) is 5.32 Å². The molecule has 0 radical (unpaired) electrons. The first-order valence-corrected chi connectivity index (χ1v) is 6.71. The molecule has 0 atom stereocenters. The third-order valence-corrected chi connectivity index (χ3v) is 3.47. The number of amides is 1. The smallest absolute Gasteiger partial charge is 0.234 e. The van der Waals surface area contributed by atoms with Gasteiger partial charge < -0.3 is 5.32 Å². The molecule has 0 unspecified atom stereocenters. The normalized spacial score (nSPS) is 14.8. The van der Waals surface area contributed by atoms with Crippen LogP contribution >= 0.6 is 11.6 Å². The monoisotopic (exact) mass is 266 g/mol. The lowest BCUT2D eigenvalue weighted by Crippen LogP contribution is -2.35. The zero-order chi connectivity index (χ0) is 13.0. The molecule has 1 aromatic rings. The standard InChI is InChI=1S/C14H19ClN2O/c1-17(9-12-4-2-3-5-13(12)15)10-14(18)16-8-11-6-7-11/h2-5,11H,6-10H2,1H3,(H,16,18). The molecule has 1 amide bonds. The van der Waals surface area contributed by atoms with Crippen molar-refractivity contribution in [3.05, 3.63) is 34.9 Å². The molecule has 18 heavy (non-hydrogen) atoms. The second-order valence-corrected chi connectivity index (χ2v) is 5.42. The molecule has 4 heteroatoms. The zero-order valence-corrected chi connectivity index (χ0v) is 11.4. The topological polar surface area (TPSA) is 32.3 Å². The molecule has 98 valence electrons. The molecule has 2 rings (SSSR count). The van der Waals surface area contributed by atoms with Crippen LogP contribution in [-0.2, 0) is 11.3 Å². The molecule has 1 aliphatic rings. The van der Waals surface area contributed by atoms with Crippen molar-refractivity contribution in [3.8, 4) is 0 Å². The van der Waals surface area contributed by atoms with Gasteiger partial charge in [0, 0.05) is 18.1 Å². The summed E-state index contributed by atoms with van der Waals surface area (Å²) in [5, 5.41) is 3.71. The van der Waals surface area contributed by atoms with Crippen molar-refractivity contribution in [2.75, 3.05) is 20.1 Å². The van der Waals surface area contributed by atoms with Crippen LogP contribution in [0, 0.1) is 5.92 Å². The molecule has 3 nitrogen and oxygen atoms in total. The lowest BCUT2D eigenvalue weighted by atomic mass is 10.2. The van der Waals surface area contributed by atoms with Crippen molar-refractivity contribution in [2.45, 2.75) is 19.4 Å². The molecular formula is C14H19ClN2O. The molecule has 0 spiro atoms. The van der Waals surface area contributed by atoms with Crippen molar-refractivity contribution in [1.29, 1.82) is 0 Å². The SMILES string of the molecule is CN(CC(=O)NCC1CC1)Cc1ccccc1Cl. The van der Waals surface area contributed by atoms with Crippen molar-refractivity contribution < 1.29 is 4.79 Å². The number of carbonyl (C=O) groups is 1. The Hall–Kier alpha value is -1.06. The molecule has 1 fully saturated rings. The number of benzene rings is 1. The van der Waals surface area contributed by atoms with E-state index in [1.165, 1.54) is 12.8 Å². The van der Waals surface area contributed by atoms with Crippen molar-refractivity contribution >= 4 is 17.5 Å². The lowest BCUT2D eigenvalue weighted by molar-refractivity contribution is -0.122. The van der Waals surface area contributed by atoms with Gasteiger partial charge in [0.15, 0.2) is 0 Å². The minimum absolute atomic E-state index is 0.0939. The van der Waals surface area contributed by atoms with Crippen LogP contribution in [0.4, 0.5) is 0 Å². The number of nitrogens with one attached hydrogen (secondary N) is 1. The van der Waals surface area contributed by atoms with E-state index in [0.29, 0.717) is 13.1 Å². The van der Waals surface area contributed by atoms with Crippen LogP contribution < -0.4 is 5.32 Å². The summed E-state index contributed by atoms with van der Waals surface area (Å²) in [4.78, 5) is 13.7. The van der Waals surface area contributed by atoms with Crippen LogP contribution in [0.2, 0.25) is 5.02 Å². The van der Waals surface area contributed by atoms with E-state index in [1.807, 2.05) is 36.2 Å². The quantitative estimate of drug-likeness (QED) is 0.857. The first kappa shape index (κ1) is 13.4. The van der Waals surface area contributed by atoms with Crippen molar-refractivity contribution in [1.82, 2.24) is 10.2 Å². The highest BCUT2D eigenvalue weighted by atomic mass is 35.5. The first-order valence-electron chi connectivity index (χ1n) is 6.34. The summed E-state index contributed by atoms with van der Waals surface area (Å²) >= 11 is 6.09. The van der Waals surface area contributed by atoms with Gasteiger partial charge in [0.1, 0.15) is 0 Å². The summed E-state index contributed by atoms with van der Waals surface area (Å²) in [6.45, 7) is 1.94. The molecule has 0 aliphatic heterocycles. The Morgan fingerprint density at radius 3 is 2.83 bits per heavy atom. The molecule has 1 aliphatic carbocycles. The van der Waals surface area contributed by atoms with Crippen LogP contribution in [0.15, 0.2) is 24.3 Å². The van der Waals surface area contributed by atoms with Crippen LogP contribution in [0.3, 0.4) is 0 Å². The third kappa shape index (κ3) is 4.31. The molecule has 0 heterocycles. The molecular weight excluding hydrogens is 248 g/mol. The fraction of sp³-hybridized carbons (Fsp3) is 0.500. The average molecular weight is 267 g/mol. The highest BCUT2D eigenvalue weighted by Crippen LogP contribution is 2.27. The third-order valence-electron chi connectivity index (χ3n) is 3.10. The van der Waals surface area contributed by atoms with E-state index < -0.39 is 0 Å². The number of nitrogens with zero attached hydrogens (tertiary/aromatic N) is 1. The number of hydrogen-bond donors (Lipinski definition) is 1. The van der Waals surface area contributed by atoms with Gasteiger partial charge in [-0.2, -0.15) is 0 Å². The second-order valence-electron chi connectivity index (χ2n) is 5.01. The number of likely N-dealkylation sites (N-methyl/N-ethyl adjacent to an activating group) is 1. The first-order chi connectivity index (χ1) is 8.65. The summed E-state index contributed by atoms with van der Waals surface area (Å²) in [6.07, 6.45) is 2.52. The lowest BCUT2D eigenvalue weighted by Gasteiger charge is -2.17. The predicted molar refractivity (Wildman–Crippen MR) is 73.5 cm³/mol. The predicted octanol–water partition coefficient (Wildman–Crippen LogP) is 2.30. The summed E-state index contributed by atoms with van der Waals surface area (Å²) in [5.41, 5.74) is 1.05. The molecule has 1 N–H and O–H groups in total.